The predicted octanol–water partition coefficient (Wildman–Crippen LogP) is 4.42. The Morgan fingerprint density at radius 1 is 1.09 bits per heavy atom. The van der Waals surface area contributed by atoms with Crippen molar-refractivity contribution in [2.24, 2.45) is 0 Å². The minimum Gasteiger partial charge on any atom is -0.507 e. The number of aryl methyl sites for hydroxylation is 1. The summed E-state index contributed by atoms with van der Waals surface area (Å²) in [5, 5.41) is 11.3. The van der Waals surface area contributed by atoms with Crippen LogP contribution in [0, 0.1) is 6.92 Å². The molecule has 1 atom stereocenters. The minimum absolute atomic E-state index is 0.0475. The smallest absolute Gasteiger partial charge is 0.295 e. The fourth-order valence-corrected chi connectivity index (χ4v) is 4.16. The highest BCUT2D eigenvalue weighted by Gasteiger charge is 2.46. The highest BCUT2D eigenvalue weighted by molar-refractivity contribution is 6.46. The molecule has 0 aliphatic carbocycles. The van der Waals surface area contributed by atoms with Crippen molar-refractivity contribution in [3.8, 4) is 11.5 Å². The van der Waals surface area contributed by atoms with Crippen molar-refractivity contribution in [1.29, 1.82) is 0 Å². The number of amides is 1. The Bertz CT molecular complexity index is 1240. The molecule has 4 rings (SSSR count). The van der Waals surface area contributed by atoms with Crippen LogP contribution in [0.5, 0.6) is 11.5 Å². The van der Waals surface area contributed by atoms with Crippen LogP contribution in [0.4, 0.5) is 0 Å². The van der Waals surface area contributed by atoms with E-state index in [1.807, 2.05) is 32.0 Å². The molecule has 1 aromatic heterocycles. The van der Waals surface area contributed by atoms with Gasteiger partial charge in [0, 0.05) is 24.5 Å². The maximum Gasteiger partial charge on any atom is 0.295 e. The molecule has 0 spiro atoms. The van der Waals surface area contributed by atoms with Gasteiger partial charge in [0.05, 0.1) is 25.3 Å². The minimum atomic E-state index is -0.766. The highest BCUT2D eigenvalue weighted by Crippen LogP contribution is 2.41. The molecule has 34 heavy (non-hydrogen) atoms. The quantitative estimate of drug-likeness (QED) is 0.320. The lowest BCUT2D eigenvalue weighted by molar-refractivity contribution is -0.140. The molecule has 1 amide bonds. The molecule has 1 aliphatic heterocycles. The number of Topliss-reactive ketones (excluding diaryl/α,β-unsaturated/α-hetero) is 1. The average molecular weight is 459 g/mol. The van der Waals surface area contributed by atoms with Crippen LogP contribution in [-0.4, -0.2) is 40.4 Å². The summed E-state index contributed by atoms with van der Waals surface area (Å²) in [7, 11) is 1.56. The molecule has 0 saturated carbocycles. The van der Waals surface area contributed by atoms with Gasteiger partial charge >= 0.3 is 0 Å². The molecule has 0 unspecified atom stereocenters. The lowest BCUT2D eigenvalue weighted by Crippen LogP contribution is -2.29. The summed E-state index contributed by atoms with van der Waals surface area (Å²) in [5.74, 6) is -0.298. The maximum atomic E-state index is 13.2. The Balaban J connectivity index is 1.85. The molecule has 174 valence electrons. The van der Waals surface area contributed by atoms with E-state index in [0.717, 1.165) is 11.1 Å². The van der Waals surface area contributed by atoms with Crippen LogP contribution < -0.4 is 9.47 Å². The molecule has 2 aromatic carbocycles. The molecule has 1 aliphatic rings. The summed E-state index contributed by atoms with van der Waals surface area (Å²) in [5.41, 5.74) is 2.71. The number of carbonyl (C=O) groups is 2. The number of likely N-dealkylation sites (tertiary alicyclic amines) is 1. The zero-order valence-electron chi connectivity index (χ0n) is 19.3. The molecule has 3 aromatic rings. The van der Waals surface area contributed by atoms with Gasteiger partial charge in [0.25, 0.3) is 11.7 Å². The number of hydrogen-bond donors (Lipinski definition) is 1. The van der Waals surface area contributed by atoms with Crippen molar-refractivity contribution < 1.29 is 24.2 Å². The number of methoxy groups -OCH3 is 1. The van der Waals surface area contributed by atoms with Crippen molar-refractivity contribution >= 4 is 17.4 Å². The van der Waals surface area contributed by atoms with Gasteiger partial charge in [0.1, 0.15) is 17.3 Å². The number of carbonyl (C=O) groups excluding carboxylic acids is 2. The summed E-state index contributed by atoms with van der Waals surface area (Å²) in [6.07, 6.45) is 3.30. The number of rotatable bonds is 7. The first kappa shape index (κ1) is 23.0. The van der Waals surface area contributed by atoms with E-state index in [4.69, 9.17) is 9.47 Å². The second-order valence-electron chi connectivity index (χ2n) is 7.97. The molecule has 1 saturated heterocycles. The van der Waals surface area contributed by atoms with E-state index < -0.39 is 17.7 Å². The van der Waals surface area contributed by atoms with Crippen LogP contribution >= 0.6 is 0 Å². The summed E-state index contributed by atoms with van der Waals surface area (Å²) < 4.78 is 10.8. The zero-order chi connectivity index (χ0) is 24.2. The summed E-state index contributed by atoms with van der Waals surface area (Å²) in [6.45, 7) is 4.41. The van der Waals surface area contributed by atoms with Crippen LogP contribution in [0.2, 0.25) is 0 Å². The Kier molecular flexibility index (Phi) is 6.63. The van der Waals surface area contributed by atoms with Crippen molar-refractivity contribution in [3.63, 3.8) is 0 Å². The van der Waals surface area contributed by atoms with E-state index in [1.165, 1.54) is 4.90 Å². The van der Waals surface area contributed by atoms with Crippen LogP contribution in [-0.2, 0) is 16.1 Å². The van der Waals surface area contributed by atoms with Gasteiger partial charge in [-0.1, -0.05) is 18.2 Å². The molecule has 7 heteroatoms. The number of ether oxygens (including phenoxy) is 2. The standard InChI is InChI=1S/C27H26N2O5/c1-4-34-20-9-7-19(8-10-20)24-23(25(30)22-12-11-21(33-3)14-17(22)2)26(31)27(32)29(24)16-18-6-5-13-28-15-18/h5-15,24,30H,4,16H2,1-3H3/t24-/m1/s1. The third-order valence-electron chi connectivity index (χ3n) is 5.81. The van der Waals surface area contributed by atoms with E-state index >= 15 is 0 Å². The third kappa shape index (κ3) is 4.37. The van der Waals surface area contributed by atoms with Gasteiger partial charge in [-0.25, -0.2) is 0 Å². The van der Waals surface area contributed by atoms with E-state index in [2.05, 4.69) is 4.98 Å². The van der Waals surface area contributed by atoms with Crippen molar-refractivity contribution in [1.82, 2.24) is 9.88 Å². The Morgan fingerprint density at radius 2 is 1.82 bits per heavy atom. The number of nitrogens with zero attached hydrogens (tertiary/aromatic N) is 2. The second-order valence-corrected chi connectivity index (χ2v) is 7.97. The SMILES string of the molecule is CCOc1ccc([C@@H]2C(=C(O)c3ccc(OC)cc3C)C(=O)C(=O)N2Cc2cccnc2)cc1. The normalized spacial score (nSPS) is 17.1. The first-order valence-electron chi connectivity index (χ1n) is 11.0. The fraction of sp³-hybridized carbons (Fsp3) is 0.222. The number of aliphatic hydroxyl groups excluding tert-OH is 1. The number of benzene rings is 2. The van der Waals surface area contributed by atoms with E-state index in [0.29, 0.717) is 29.2 Å². The topological polar surface area (TPSA) is 89.0 Å². The Hall–Kier alpha value is -4.13. The molecular formula is C27H26N2O5. The average Bonchev–Trinajstić information content (AvgIpc) is 3.10. The summed E-state index contributed by atoms with van der Waals surface area (Å²) in [4.78, 5) is 32.0. The highest BCUT2D eigenvalue weighted by atomic mass is 16.5. The Labute approximate surface area is 198 Å². The molecular weight excluding hydrogens is 432 g/mol. The van der Waals surface area contributed by atoms with Crippen molar-refractivity contribution in [3.05, 3.63) is 94.8 Å². The largest absolute Gasteiger partial charge is 0.507 e. The van der Waals surface area contributed by atoms with Gasteiger partial charge in [-0.15, -0.1) is 0 Å². The number of aromatic nitrogens is 1. The van der Waals surface area contributed by atoms with Crippen LogP contribution in [0.1, 0.15) is 35.2 Å². The second kappa shape index (κ2) is 9.79. The number of ketones is 1. The first-order valence-corrected chi connectivity index (χ1v) is 11.0. The van der Waals surface area contributed by atoms with Gasteiger partial charge < -0.3 is 19.5 Å². The lowest BCUT2D eigenvalue weighted by Gasteiger charge is -2.25. The molecule has 1 N–H and O–H groups in total. The van der Waals surface area contributed by atoms with Gasteiger partial charge in [-0.2, -0.15) is 0 Å². The van der Waals surface area contributed by atoms with E-state index in [1.54, 1.807) is 55.9 Å². The Morgan fingerprint density at radius 3 is 2.44 bits per heavy atom. The molecule has 7 nitrogen and oxygen atoms in total. The fourth-order valence-electron chi connectivity index (χ4n) is 4.16. The first-order chi connectivity index (χ1) is 16.4. The molecule has 1 fully saturated rings. The van der Waals surface area contributed by atoms with Crippen LogP contribution in [0.25, 0.3) is 5.76 Å². The number of pyridine rings is 1. The van der Waals surface area contributed by atoms with Crippen LogP contribution in [0.3, 0.4) is 0 Å². The molecule has 0 bridgehead atoms. The monoisotopic (exact) mass is 458 g/mol. The third-order valence-corrected chi connectivity index (χ3v) is 5.81. The predicted molar refractivity (Wildman–Crippen MR) is 127 cm³/mol. The van der Waals surface area contributed by atoms with Crippen molar-refractivity contribution in [2.75, 3.05) is 13.7 Å². The van der Waals surface area contributed by atoms with Gasteiger partial charge in [-0.05, 0) is 66.9 Å². The maximum absolute atomic E-state index is 13.2. The number of aliphatic hydroxyl groups is 1. The van der Waals surface area contributed by atoms with Crippen LogP contribution in [0.15, 0.2) is 72.6 Å². The van der Waals surface area contributed by atoms with Gasteiger partial charge in [-0.3, -0.25) is 14.6 Å². The molecule has 0 radical (unpaired) electrons. The van der Waals surface area contributed by atoms with Crippen molar-refractivity contribution in [2.45, 2.75) is 26.4 Å². The van der Waals surface area contributed by atoms with E-state index in [-0.39, 0.29) is 17.9 Å². The van der Waals surface area contributed by atoms with E-state index in [9.17, 15) is 14.7 Å². The zero-order valence-corrected chi connectivity index (χ0v) is 19.3. The van der Waals surface area contributed by atoms with Gasteiger partial charge in [0.2, 0.25) is 0 Å². The number of hydrogen-bond acceptors (Lipinski definition) is 6. The van der Waals surface area contributed by atoms with Gasteiger partial charge in [0.15, 0.2) is 0 Å². The summed E-state index contributed by atoms with van der Waals surface area (Å²) >= 11 is 0. The summed E-state index contributed by atoms with van der Waals surface area (Å²) in [6, 6.07) is 15.2. The lowest BCUT2D eigenvalue weighted by atomic mass is 9.93. The molecule has 2 heterocycles.